The molecule has 0 aliphatic heterocycles. The lowest BCUT2D eigenvalue weighted by Crippen LogP contribution is -2.33. The fourth-order valence-corrected chi connectivity index (χ4v) is 3.16. The lowest BCUT2D eigenvalue weighted by molar-refractivity contribution is -0.121. The number of hydrogen-bond donors (Lipinski definition) is 1. The maximum Gasteiger partial charge on any atom is 0.227 e. The van der Waals surface area contributed by atoms with Crippen LogP contribution in [0, 0.1) is 0 Å². The lowest BCUT2D eigenvalue weighted by atomic mass is 10.0. The monoisotopic (exact) mass is 391 g/mol. The lowest BCUT2D eigenvalue weighted by Gasteiger charge is -2.13. The highest BCUT2D eigenvalue weighted by Crippen LogP contribution is 2.20. The van der Waals surface area contributed by atoms with E-state index in [0.717, 1.165) is 18.4 Å². The van der Waals surface area contributed by atoms with Crippen LogP contribution in [0.5, 0.6) is 0 Å². The predicted octanol–water partition coefficient (Wildman–Crippen LogP) is 4.93. The predicted molar refractivity (Wildman–Crippen MR) is 115 cm³/mol. The van der Waals surface area contributed by atoms with Crippen LogP contribution in [0.15, 0.2) is 59.1 Å². The van der Waals surface area contributed by atoms with Gasteiger partial charge in [-0.1, -0.05) is 73.6 Å². The van der Waals surface area contributed by atoms with Crippen LogP contribution < -0.4 is 5.32 Å². The van der Waals surface area contributed by atoms with Crippen LogP contribution in [-0.2, 0) is 17.6 Å². The van der Waals surface area contributed by atoms with Gasteiger partial charge in [0.2, 0.25) is 17.6 Å². The van der Waals surface area contributed by atoms with Crippen LogP contribution in [0.3, 0.4) is 0 Å². The average Bonchev–Trinajstić information content (AvgIpc) is 3.21. The molecule has 5 heteroatoms. The molecular formula is C24H29N3O2. The van der Waals surface area contributed by atoms with Gasteiger partial charge in [0, 0.05) is 24.4 Å². The molecule has 0 aliphatic carbocycles. The second-order valence-electron chi connectivity index (χ2n) is 7.78. The fraction of sp³-hybridized carbons (Fsp3) is 0.375. The van der Waals surface area contributed by atoms with Crippen molar-refractivity contribution in [2.75, 3.05) is 0 Å². The Hall–Kier alpha value is -2.95. The SMILES string of the molecule is CC(CCc1ccccc1)NC(=O)CCc1nc(-c2ccc(C(C)C)cc2)no1. The number of amides is 1. The normalized spacial score (nSPS) is 12.1. The van der Waals surface area contributed by atoms with Crippen molar-refractivity contribution >= 4 is 5.91 Å². The number of rotatable bonds is 9. The first kappa shape index (κ1) is 20.8. The summed E-state index contributed by atoms with van der Waals surface area (Å²) in [5.41, 5.74) is 3.48. The molecule has 1 N–H and O–H groups in total. The number of aromatic nitrogens is 2. The molecule has 0 fully saturated rings. The zero-order valence-corrected chi connectivity index (χ0v) is 17.4. The third-order valence-electron chi connectivity index (χ3n) is 4.99. The second-order valence-corrected chi connectivity index (χ2v) is 7.78. The zero-order valence-electron chi connectivity index (χ0n) is 17.4. The van der Waals surface area contributed by atoms with Gasteiger partial charge >= 0.3 is 0 Å². The van der Waals surface area contributed by atoms with Crippen LogP contribution >= 0.6 is 0 Å². The van der Waals surface area contributed by atoms with Gasteiger partial charge in [0.1, 0.15) is 0 Å². The van der Waals surface area contributed by atoms with Crippen molar-refractivity contribution in [2.24, 2.45) is 0 Å². The summed E-state index contributed by atoms with van der Waals surface area (Å²) < 4.78 is 5.32. The maximum absolute atomic E-state index is 12.2. The summed E-state index contributed by atoms with van der Waals surface area (Å²) >= 11 is 0. The summed E-state index contributed by atoms with van der Waals surface area (Å²) in [6.45, 7) is 6.36. The van der Waals surface area contributed by atoms with Crippen LogP contribution in [0.1, 0.15) is 56.5 Å². The Kier molecular flexibility index (Phi) is 7.17. The Morgan fingerprint density at radius 2 is 1.72 bits per heavy atom. The van der Waals surface area contributed by atoms with Gasteiger partial charge in [-0.05, 0) is 36.8 Å². The van der Waals surface area contributed by atoms with Crippen molar-refractivity contribution in [2.45, 2.75) is 58.4 Å². The highest BCUT2D eigenvalue weighted by Gasteiger charge is 2.13. The van der Waals surface area contributed by atoms with Crippen LogP contribution in [0.4, 0.5) is 0 Å². The quantitative estimate of drug-likeness (QED) is 0.561. The molecule has 0 saturated carbocycles. The average molecular weight is 392 g/mol. The van der Waals surface area contributed by atoms with Gasteiger partial charge in [-0.3, -0.25) is 4.79 Å². The van der Waals surface area contributed by atoms with Crippen molar-refractivity contribution in [3.05, 3.63) is 71.6 Å². The highest BCUT2D eigenvalue weighted by molar-refractivity contribution is 5.76. The Morgan fingerprint density at radius 3 is 2.41 bits per heavy atom. The fourth-order valence-electron chi connectivity index (χ4n) is 3.16. The first-order chi connectivity index (χ1) is 14.0. The summed E-state index contributed by atoms with van der Waals surface area (Å²) in [5.74, 6) is 1.54. The molecule has 0 bridgehead atoms. The Bertz CT molecular complexity index is 901. The van der Waals surface area contributed by atoms with E-state index in [0.29, 0.717) is 30.5 Å². The number of hydrogen-bond acceptors (Lipinski definition) is 4. The zero-order chi connectivity index (χ0) is 20.6. The molecule has 2 aromatic carbocycles. The standard InChI is InChI=1S/C24H29N3O2/c1-17(2)20-11-13-21(14-12-20)24-26-23(29-27-24)16-15-22(28)25-18(3)9-10-19-7-5-4-6-8-19/h4-8,11-14,17-18H,9-10,15-16H2,1-3H3,(H,25,28). The first-order valence-electron chi connectivity index (χ1n) is 10.3. The third kappa shape index (κ3) is 6.28. The van der Waals surface area contributed by atoms with Crippen molar-refractivity contribution in [3.8, 4) is 11.4 Å². The maximum atomic E-state index is 12.2. The topological polar surface area (TPSA) is 68.0 Å². The minimum absolute atomic E-state index is 0.00611. The van der Waals surface area contributed by atoms with Gasteiger partial charge in [0.05, 0.1) is 0 Å². The summed E-state index contributed by atoms with van der Waals surface area (Å²) in [6, 6.07) is 18.6. The number of nitrogens with one attached hydrogen (secondary N) is 1. The minimum atomic E-state index is 0.00611. The molecule has 0 aliphatic rings. The van der Waals surface area contributed by atoms with E-state index in [-0.39, 0.29) is 11.9 Å². The number of carbonyl (C=O) groups is 1. The summed E-state index contributed by atoms with van der Waals surface area (Å²) in [4.78, 5) is 16.6. The van der Waals surface area contributed by atoms with Gasteiger partial charge in [0.25, 0.3) is 0 Å². The molecule has 5 nitrogen and oxygen atoms in total. The molecule has 0 spiro atoms. The van der Waals surface area contributed by atoms with Gasteiger partial charge in [-0.25, -0.2) is 0 Å². The number of nitrogens with zero attached hydrogens (tertiary/aromatic N) is 2. The smallest absolute Gasteiger partial charge is 0.227 e. The molecule has 29 heavy (non-hydrogen) atoms. The Morgan fingerprint density at radius 1 is 1.00 bits per heavy atom. The van der Waals surface area contributed by atoms with E-state index in [4.69, 9.17) is 4.52 Å². The van der Waals surface area contributed by atoms with E-state index >= 15 is 0 Å². The Balaban J connectivity index is 1.44. The second kappa shape index (κ2) is 10.0. The molecule has 3 rings (SSSR count). The Labute approximate surface area is 172 Å². The van der Waals surface area contributed by atoms with E-state index in [1.54, 1.807) is 0 Å². The van der Waals surface area contributed by atoms with E-state index in [1.807, 2.05) is 37.3 Å². The largest absolute Gasteiger partial charge is 0.354 e. The van der Waals surface area contributed by atoms with Crippen molar-refractivity contribution in [3.63, 3.8) is 0 Å². The first-order valence-corrected chi connectivity index (χ1v) is 10.3. The van der Waals surface area contributed by atoms with Crippen molar-refractivity contribution in [1.82, 2.24) is 15.5 Å². The van der Waals surface area contributed by atoms with Crippen LogP contribution in [0.25, 0.3) is 11.4 Å². The number of aryl methyl sites for hydroxylation is 2. The highest BCUT2D eigenvalue weighted by atomic mass is 16.5. The molecule has 3 aromatic rings. The summed E-state index contributed by atoms with van der Waals surface area (Å²) in [6.07, 6.45) is 2.63. The molecule has 1 unspecified atom stereocenters. The van der Waals surface area contributed by atoms with Gasteiger partial charge in [0.15, 0.2) is 0 Å². The minimum Gasteiger partial charge on any atom is -0.354 e. The van der Waals surface area contributed by atoms with Gasteiger partial charge in [-0.15, -0.1) is 0 Å². The van der Waals surface area contributed by atoms with E-state index in [9.17, 15) is 4.79 Å². The molecule has 0 saturated heterocycles. The van der Waals surface area contributed by atoms with Gasteiger partial charge in [-0.2, -0.15) is 4.98 Å². The summed E-state index contributed by atoms with van der Waals surface area (Å²) in [7, 11) is 0. The summed E-state index contributed by atoms with van der Waals surface area (Å²) in [5, 5.41) is 7.09. The molecule has 0 radical (unpaired) electrons. The van der Waals surface area contributed by atoms with E-state index in [2.05, 4.69) is 53.6 Å². The van der Waals surface area contributed by atoms with E-state index in [1.165, 1.54) is 11.1 Å². The molecular weight excluding hydrogens is 362 g/mol. The third-order valence-corrected chi connectivity index (χ3v) is 4.99. The molecule has 152 valence electrons. The number of benzene rings is 2. The number of carbonyl (C=O) groups excluding carboxylic acids is 1. The molecule has 1 amide bonds. The molecule has 1 aromatic heterocycles. The van der Waals surface area contributed by atoms with Crippen molar-refractivity contribution in [1.29, 1.82) is 0 Å². The van der Waals surface area contributed by atoms with Crippen LogP contribution in [-0.4, -0.2) is 22.1 Å². The van der Waals surface area contributed by atoms with Crippen molar-refractivity contribution < 1.29 is 9.32 Å². The van der Waals surface area contributed by atoms with Gasteiger partial charge < -0.3 is 9.84 Å². The molecule has 1 heterocycles. The van der Waals surface area contributed by atoms with Crippen LogP contribution in [0.2, 0.25) is 0 Å². The van der Waals surface area contributed by atoms with E-state index < -0.39 is 0 Å². The molecule has 1 atom stereocenters.